The first-order valence-corrected chi connectivity index (χ1v) is 10.6. The third kappa shape index (κ3) is 3.96. The number of aromatic nitrogens is 2. The molecule has 150 valence electrons. The Morgan fingerprint density at radius 1 is 0.966 bits per heavy atom. The molecule has 1 aromatic carbocycles. The second-order valence-electron chi connectivity index (χ2n) is 7.22. The number of rotatable bonds is 4. The maximum atomic E-state index is 12.9. The minimum absolute atomic E-state index is 0.0583. The molecule has 1 aliphatic heterocycles. The van der Waals surface area contributed by atoms with Crippen molar-refractivity contribution < 1.29 is 9.59 Å². The van der Waals surface area contributed by atoms with Crippen molar-refractivity contribution in [3.05, 3.63) is 69.7 Å². The van der Waals surface area contributed by atoms with Gasteiger partial charge in [0.15, 0.2) is 0 Å². The molecule has 1 saturated heterocycles. The van der Waals surface area contributed by atoms with E-state index in [-0.39, 0.29) is 11.8 Å². The number of amides is 2. The normalized spacial score (nSPS) is 14.3. The molecule has 0 bridgehead atoms. The highest BCUT2D eigenvalue weighted by Gasteiger charge is 2.26. The van der Waals surface area contributed by atoms with Gasteiger partial charge in [-0.3, -0.25) is 9.59 Å². The number of carbonyl (C=O) groups is 2. The molecule has 2 aromatic heterocycles. The molecule has 7 heteroatoms. The zero-order valence-electron chi connectivity index (χ0n) is 16.7. The molecular weight excluding hydrogens is 384 g/mol. The van der Waals surface area contributed by atoms with Gasteiger partial charge in [-0.1, -0.05) is 24.3 Å². The largest absolute Gasteiger partial charge is 0.339 e. The Balaban J connectivity index is 1.41. The van der Waals surface area contributed by atoms with E-state index in [9.17, 15) is 9.59 Å². The van der Waals surface area contributed by atoms with Gasteiger partial charge in [-0.2, -0.15) is 5.10 Å². The Labute approximate surface area is 174 Å². The summed E-state index contributed by atoms with van der Waals surface area (Å²) in [4.78, 5) is 29.8. The summed E-state index contributed by atoms with van der Waals surface area (Å²) < 4.78 is 1.90. The minimum Gasteiger partial charge on any atom is -0.339 e. The van der Waals surface area contributed by atoms with E-state index in [0.29, 0.717) is 32.6 Å². The summed E-state index contributed by atoms with van der Waals surface area (Å²) in [6, 6.07) is 13.7. The van der Waals surface area contributed by atoms with Crippen molar-refractivity contribution in [1.82, 2.24) is 19.6 Å². The molecule has 0 saturated carbocycles. The summed E-state index contributed by atoms with van der Waals surface area (Å²) in [5.41, 5.74) is 3.85. The number of para-hydroxylation sites is 1. The van der Waals surface area contributed by atoms with E-state index in [0.717, 1.165) is 27.5 Å². The number of aryl methyl sites for hydroxylation is 1. The summed E-state index contributed by atoms with van der Waals surface area (Å²) in [6.07, 6.45) is 0.337. The van der Waals surface area contributed by atoms with Crippen molar-refractivity contribution in [2.75, 3.05) is 26.2 Å². The third-order valence-electron chi connectivity index (χ3n) is 5.42. The number of nitrogens with zero attached hydrogens (tertiary/aromatic N) is 4. The van der Waals surface area contributed by atoms with Crippen molar-refractivity contribution in [3.63, 3.8) is 0 Å². The van der Waals surface area contributed by atoms with E-state index in [2.05, 4.69) is 5.10 Å². The molecule has 3 heterocycles. The zero-order valence-corrected chi connectivity index (χ0v) is 17.5. The summed E-state index contributed by atoms with van der Waals surface area (Å²) >= 11 is 1.46. The van der Waals surface area contributed by atoms with Crippen LogP contribution >= 0.6 is 11.3 Å². The Morgan fingerprint density at radius 2 is 1.66 bits per heavy atom. The molecule has 3 aromatic rings. The molecule has 6 nitrogen and oxygen atoms in total. The van der Waals surface area contributed by atoms with Crippen LogP contribution < -0.4 is 0 Å². The quantitative estimate of drug-likeness (QED) is 0.667. The number of hydrogen-bond donors (Lipinski definition) is 0. The van der Waals surface area contributed by atoms with Gasteiger partial charge in [-0.15, -0.1) is 11.3 Å². The minimum atomic E-state index is 0.0583. The Hall–Kier alpha value is -2.93. The van der Waals surface area contributed by atoms with E-state index in [4.69, 9.17) is 0 Å². The topological polar surface area (TPSA) is 58.4 Å². The molecule has 0 aliphatic carbocycles. The molecular formula is C22H24N4O2S. The van der Waals surface area contributed by atoms with Gasteiger partial charge in [0.1, 0.15) is 0 Å². The van der Waals surface area contributed by atoms with Crippen LogP contribution in [0.25, 0.3) is 5.69 Å². The molecule has 29 heavy (non-hydrogen) atoms. The highest BCUT2D eigenvalue weighted by atomic mass is 32.1. The van der Waals surface area contributed by atoms with Crippen LogP contribution in [0.5, 0.6) is 0 Å². The molecule has 0 spiro atoms. The average Bonchev–Trinajstić information content (AvgIpc) is 3.38. The molecule has 0 radical (unpaired) electrons. The Morgan fingerprint density at radius 3 is 2.31 bits per heavy atom. The Kier molecular flexibility index (Phi) is 5.49. The molecule has 0 N–H and O–H groups in total. The fourth-order valence-corrected chi connectivity index (χ4v) is 4.42. The molecule has 1 fully saturated rings. The van der Waals surface area contributed by atoms with Crippen molar-refractivity contribution in [3.8, 4) is 5.69 Å². The highest BCUT2D eigenvalue weighted by molar-refractivity contribution is 7.12. The summed E-state index contributed by atoms with van der Waals surface area (Å²) in [5.74, 6) is 0.148. The number of thiophene rings is 1. The van der Waals surface area contributed by atoms with Crippen molar-refractivity contribution in [2.24, 2.45) is 0 Å². The van der Waals surface area contributed by atoms with Crippen LogP contribution in [0.15, 0.2) is 47.8 Å². The number of piperazine rings is 1. The Bertz CT molecular complexity index is 1000. The van der Waals surface area contributed by atoms with E-state index >= 15 is 0 Å². The average molecular weight is 409 g/mol. The van der Waals surface area contributed by atoms with Crippen LogP contribution in [0.1, 0.15) is 26.6 Å². The predicted molar refractivity (Wildman–Crippen MR) is 114 cm³/mol. The van der Waals surface area contributed by atoms with Crippen molar-refractivity contribution in [1.29, 1.82) is 0 Å². The van der Waals surface area contributed by atoms with E-state index in [1.807, 2.05) is 76.2 Å². The van der Waals surface area contributed by atoms with Gasteiger partial charge in [0.2, 0.25) is 5.91 Å². The van der Waals surface area contributed by atoms with Gasteiger partial charge in [-0.25, -0.2) is 4.68 Å². The lowest BCUT2D eigenvalue weighted by atomic mass is 10.1. The van der Waals surface area contributed by atoms with Crippen molar-refractivity contribution >= 4 is 23.2 Å². The molecule has 0 unspecified atom stereocenters. The predicted octanol–water partition coefficient (Wildman–Crippen LogP) is 3.08. The summed E-state index contributed by atoms with van der Waals surface area (Å²) in [5, 5.41) is 6.55. The number of benzene rings is 1. The standard InChI is InChI=1S/C22H24N4O2S/c1-16-19(17(2)26(23-16)18-7-4-3-5-8-18)15-21(27)24-10-12-25(13-11-24)22(28)20-9-6-14-29-20/h3-9,14H,10-13,15H2,1-2H3. The van der Waals surface area contributed by atoms with Crippen LogP contribution in [0.4, 0.5) is 0 Å². The second-order valence-corrected chi connectivity index (χ2v) is 8.17. The lowest BCUT2D eigenvalue weighted by Crippen LogP contribution is -2.50. The van der Waals surface area contributed by atoms with Gasteiger partial charge in [0.25, 0.3) is 5.91 Å². The van der Waals surface area contributed by atoms with E-state index in [1.54, 1.807) is 0 Å². The van der Waals surface area contributed by atoms with Crippen molar-refractivity contribution in [2.45, 2.75) is 20.3 Å². The maximum Gasteiger partial charge on any atom is 0.264 e. The molecule has 0 atom stereocenters. The van der Waals surface area contributed by atoms with Crippen LogP contribution in [0.2, 0.25) is 0 Å². The maximum absolute atomic E-state index is 12.9. The highest BCUT2D eigenvalue weighted by Crippen LogP contribution is 2.20. The van der Waals surface area contributed by atoms with Gasteiger partial charge in [0.05, 0.1) is 22.7 Å². The number of hydrogen-bond acceptors (Lipinski definition) is 4. The first kappa shape index (κ1) is 19.4. The van der Waals surface area contributed by atoms with Gasteiger partial charge in [0, 0.05) is 37.4 Å². The third-order valence-corrected chi connectivity index (χ3v) is 6.28. The van der Waals surface area contributed by atoms with Crippen LogP contribution in [0, 0.1) is 13.8 Å². The lowest BCUT2D eigenvalue weighted by molar-refractivity contribution is -0.131. The first-order chi connectivity index (χ1) is 14.0. The second kappa shape index (κ2) is 8.21. The van der Waals surface area contributed by atoms with Gasteiger partial charge >= 0.3 is 0 Å². The fraction of sp³-hybridized carbons (Fsp3) is 0.318. The van der Waals surface area contributed by atoms with Gasteiger partial charge < -0.3 is 9.80 Å². The van der Waals surface area contributed by atoms with Crippen LogP contribution in [-0.2, 0) is 11.2 Å². The summed E-state index contributed by atoms with van der Waals surface area (Å²) in [7, 11) is 0. The molecule has 2 amide bonds. The fourth-order valence-electron chi connectivity index (χ4n) is 3.73. The van der Waals surface area contributed by atoms with Gasteiger partial charge in [-0.05, 0) is 37.4 Å². The SMILES string of the molecule is Cc1nn(-c2ccccc2)c(C)c1CC(=O)N1CCN(C(=O)c2cccs2)CC1. The summed E-state index contributed by atoms with van der Waals surface area (Å²) in [6.45, 7) is 6.25. The molecule has 1 aliphatic rings. The molecule has 4 rings (SSSR count). The van der Waals surface area contributed by atoms with Crippen LogP contribution in [-0.4, -0.2) is 57.6 Å². The van der Waals surface area contributed by atoms with E-state index < -0.39 is 0 Å². The first-order valence-electron chi connectivity index (χ1n) is 9.75. The van der Waals surface area contributed by atoms with E-state index in [1.165, 1.54) is 11.3 Å². The number of carbonyl (C=O) groups excluding carboxylic acids is 2. The monoisotopic (exact) mass is 408 g/mol. The zero-order chi connectivity index (χ0) is 20.4. The lowest BCUT2D eigenvalue weighted by Gasteiger charge is -2.34. The smallest absolute Gasteiger partial charge is 0.264 e. The van der Waals surface area contributed by atoms with Crippen LogP contribution in [0.3, 0.4) is 0 Å².